The van der Waals surface area contributed by atoms with Crippen molar-refractivity contribution in [3.8, 4) is 11.8 Å². The monoisotopic (exact) mass is 338 g/mol. The zero-order chi connectivity index (χ0) is 14.6. The average molecular weight is 339 g/mol. The van der Waals surface area contributed by atoms with Gasteiger partial charge in [-0.3, -0.25) is 4.79 Å². The first kappa shape index (κ1) is 14.8. The quantitative estimate of drug-likeness (QED) is 0.919. The van der Waals surface area contributed by atoms with Crippen LogP contribution in [0.2, 0.25) is 0 Å². The lowest BCUT2D eigenvalue weighted by atomic mass is 9.81. The lowest BCUT2D eigenvalue weighted by Gasteiger charge is -2.29. The fraction of sp³-hybridized carbons (Fsp3) is 0.429. The first-order valence-electron chi connectivity index (χ1n) is 6.25. The molecule has 106 valence electrons. The second-order valence-corrected chi connectivity index (χ2v) is 5.46. The van der Waals surface area contributed by atoms with Crippen LogP contribution >= 0.6 is 15.9 Å². The van der Waals surface area contributed by atoms with Gasteiger partial charge in [0, 0.05) is 18.9 Å². The van der Waals surface area contributed by atoms with Crippen LogP contribution in [0.3, 0.4) is 0 Å². The molecule has 0 atom stereocenters. The molecule has 6 heteroatoms. The Balaban J connectivity index is 2.14. The Hall–Kier alpha value is -1.58. The summed E-state index contributed by atoms with van der Waals surface area (Å²) in [6.07, 6.45) is 0.847. The molecule has 1 heterocycles. The Morgan fingerprint density at radius 2 is 2.20 bits per heavy atom. The Kier molecular flexibility index (Phi) is 4.63. The molecule has 1 N–H and O–H groups in total. The van der Waals surface area contributed by atoms with Gasteiger partial charge in [-0.2, -0.15) is 5.26 Å². The molecule has 0 aliphatic carbocycles. The molecule has 0 bridgehead atoms. The van der Waals surface area contributed by atoms with Crippen LogP contribution in [0.1, 0.15) is 12.8 Å². The number of nitrogens with zero attached hydrogens (tertiary/aromatic N) is 1. The zero-order valence-corrected chi connectivity index (χ0v) is 12.7. The molecule has 1 aliphatic rings. The molecule has 1 fully saturated rings. The van der Waals surface area contributed by atoms with Crippen LogP contribution in [0.5, 0.6) is 5.75 Å². The van der Waals surface area contributed by atoms with E-state index in [1.54, 1.807) is 25.3 Å². The molecule has 1 aromatic carbocycles. The molecule has 20 heavy (non-hydrogen) atoms. The molecule has 0 aromatic heterocycles. The van der Waals surface area contributed by atoms with Crippen molar-refractivity contribution in [2.24, 2.45) is 5.41 Å². The summed E-state index contributed by atoms with van der Waals surface area (Å²) in [4.78, 5) is 12.4. The van der Waals surface area contributed by atoms with Gasteiger partial charge in [-0.15, -0.1) is 0 Å². The Morgan fingerprint density at radius 3 is 2.75 bits per heavy atom. The number of benzene rings is 1. The van der Waals surface area contributed by atoms with E-state index in [-0.39, 0.29) is 5.91 Å². The lowest BCUT2D eigenvalue weighted by molar-refractivity contribution is -0.126. The first-order valence-corrected chi connectivity index (χ1v) is 7.04. The highest BCUT2D eigenvalue weighted by Crippen LogP contribution is 2.33. The molecule has 1 aliphatic heterocycles. The highest BCUT2D eigenvalue weighted by atomic mass is 79.9. The van der Waals surface area contributed by atoms with Crippen molar-refractivity contribution in [2.75, 3.05) is 25.6 Å². The number of nitrogens with one attached hydrogen (secondary N) is 1. The highest BCUT2D eigenvalue weighted by Gasteiger charge is 2.40. The van der Waals surface area contributed by atoms with Crippen LogP contribution in [-0.4, -0.2) is 26.2 Å². The van der Waals surface area contributed by atoms with E-state index in [9.17, 15) is 10.1 Å². The van der Waals surface area contributed by atoms with Gasteiger partial charge in [-0.25, -0.2) is 0 Å². The number of amides is 1. The summed E-state index contributed by atoms with van der Waals surface area (Å²) in [7, 11) is 1.57. The largest absolute Gasteiger partial charge is 0.496 e. The van der Waals surface area contributed by atoms with Gasteiger partial charge in [0.1, 0.15) is 11.2 Å². The number of hydrogen-bond donors (Lipinski definition) is 1. The van der Waals surface area contributed by atoms with Gasteiger partial charge in [-0.05, 0) is 47.0 Å². The number of methoxy groups -OCH3 is 1. The van der Waals surface area contributed by atoms with E-state index in [0.717, 1.165) is 4.47 Å². The molecule has 1 amide bonds. The summed E-state index contributed by atoms with van der Waals surface area (Å²) >= 11 is 3.36. The maximum absolute atomic E-state index is 12.4. The Morgan fingerprint density at radius 1 is 1.50 bits per heavy atom. The summed E-state index contributed by atoms with van der Waals surface area (Å²) < 4.78 is 11.1. The standard InChI is InChI=1S/C14H15BrN2O3/c1-19-12-3-2-10(8-11(12)15)17-13(18)14(9-16)4-6-20-7-5-14/h2-3,8H,4-7H2,1H3,(H,17,18). The van der Waals surface area contributed by atoms with Gasteiger partial charge >= 0.3 is 0 Å². The minimum Gasteiger partial charge on any atom is -0.496 e. The van der Waals surface area contributed by atoms with Crippen molar-refractivity contribution in [3.63, 3.8) is 0 Å². The van der Waals surface area contributed by atoms with E-state index >= 15 is 0 Å². The number of carbonyl (C=O) groups excluding carboxylic acids is 1. The molecule has 2 rings (SSSR count). The van der Waals surface area contributed by atoms with Crippen LogP contribution in [0.4, 0.5) is 5.69 Å². The van der Waals surface area contributed by atoms with Gasteiger partial charge < -0.3 is 14.8 Å². The molecule has 5 nitrogen and oxygen atoms in total. The van der Waals surface area contributed by atoms with Gasteiger partial charge in [0.25, 0.3) is 0 Å². The van der Waals surface area contributed by atoms with E-state index in [1.165, 1.54) is 0 Å². The number of ether oxygens (including phenoxy) is 2. The van der Waals surface area contributed by atoms with Crippen LogP contribution in [-0.2, 0) is 9.53 Å². The third-order valence-electron chi connectivity index (χ3n) is 3.40. The van der Waals surface area contributed by atoms with Gasteiger partial charge in [0.2, 0.25) is 5.91 Å². The maximum Gasteiger partial charge on any atom is 0.245 e. The number of nitriles is 1. The summed E-state index contributed by atoms with van der Waals surface area (Å²) in [5, 5.41) is 12.1. The van der Waals surface area contributed by atoms with Crippen LogP contribution in [0.15, 0.2) is 22.7 Å². The van der Waals surface area contributed by atoms with Crippen molar-refractivity contribution in [1.82, 2.24) is 0 Å². The molecule has 1 aromatic rings. The molecule has 0 saturated carbocycles. The minimum absolute atomic E-state index is 0.277. The molecule has 0 radical (unpaired) electrons. The van der Waals surface area contributed by atoms with Crippen LogP contribution in [0.25, 0.3) is 0 Å². The summed E-state index contributed by atoms with van der Waals surface area (Å²) in [5.41, 5.74) is -0.367. The number of anilines is 1. The second kappa shape index (κ2) is 6.25. The van der Waals surface area contributed by atoms with E-state index in [0.29, 0.717) is 37.5 Å². The summed E-state index contributed by atoms with van der Waals surface area (Å²) in [6, 6.07) is 7.39. The van der Waals surface area contributed by atoms with Crippen molar-refractivity contribution in [1.29, 1.82) is 5.26 Å². The van der Waals surface area contributed by atoms with Gasteiger partial charge in [0.05, 0.1) is 17.7 Å². The topological polar surface area (TPSA) is 71.3 Å². The van der Waals surface area contributed by atoms with Crippen molar-refractivity contribution in [3.05, 3.63) is 22.7 Å². The zero-order valence-electron chi connectivity index (χ0n) is 11.1. The SMILES string of the molecule is COc1ccc(NC(=O)C2(C#N)CCOCC2)cc1Br. The van der Waals surface area contributed by atoms with Crippen molar-refractivity contribution < 1.29 is 14.3 Å². The molecule has 0 unspecified atom stereocenters. The molecular weight excluding hydrogens is 324 g/mol. The maximum atomic E-state index is 12.4. The second-order valence-electron chi connectivity index (χ2n) is 4.61. The first-order chi connectivity index (χ1) is 9.61. The third kappa shape index (κ3) is 2.94. The Bertz CT molecular complexity index is 548. The van der Waals surface area contributed by atoms with E-state index in [4.69, 9.17) is 9.47 Å². The highest BCUT2D eigenvalue weighted by molar-refractivity contribution is 9.10. The molecule has 1 saturated heterocycles. The Labute approximate surface area is 126 Å². The van der Waals surface area contributed by atoms with Crippen LogP contribution < -0.4 is 10.1 Å². The molecular formula is C14H15BrN2O3. The predicted molar refractivity (Wildman–Crippen MR) is 77.4 cm³/mol. The lowest BCUT2D eigenvalue weighted by Crippen LogP contribution is -2.39. The number of halogens is 1. The minimum atomic E-state index is -0.995. The van der Waals surface area contributed by atoms with E-state index < -0.39 is 5.41 Å². The van der Waals surface area contributed by atoms with Crippen molar-refractivity contribution >= 4 is 27.5 Å². The van der Waals surface area contributed by atoms with Gasteiger partial charge in [-0.1, -0.05) is 0 Å². The smallest absolute Gasteiger partial charge is 0.245 e. The van der Waals surface area contributed by atoms with Crippen LogP contribution in [0, 0.1) is 16.7 Å². The third-order valence-corrected chi connectivity index (χ3v) is 4.02. The summed E-state index contributed by atoms with van der Waals surface area (Å²) in [6.45, 7) is 0.876. The predicted octanol–water partition coefficient (Wildman–Crippen LogP) is 2.72. The van der Waals surface area contributed by atoms with Crippen molar-refractivity contribution in [2.45, 2.75) is 12.8 Å². The van der Waals surface area contributed by atoms with E-state index in [1.807, 2.05) is 0 Å². The normalized spacial score (nSPS) is 17.1. The number of carbonyl (C=O) groups is 1. The fourth-order valence-corrected chi connectivity index (χ4v) is 2.65. The van der Waals surface area contributed by atoms with Gasteiger partial charge in [0.15, 0.2) is 0 Å². The number of rotatable bonds is 3. The average Bonchev–Trinajstić information content (AvgIpc) is 2.48. The van der Waals surface area contributed by atoms with E-state index in [2.05, 4.69) is 27.3 Å². The molecule has 0 spiro atoms. The fourth-order valence-electron chi connectivity index (χ4n) is 2.10. The number of hydrogen-bond acceptors (Lipinski definition) is 4. The summed E-state index contributed by atoms with van der Waals surface area (Å²) in [5.74, 6) is 0.407.